The largest absolute Gasteiger partial charge is 0.481 e. The van der Waals surface area contributed by atoms with E-state index in [9.17, 15) is 14.7 Å². The number of nitrogens with zero attached hydrogens (tertiary/aromatic N) is 1. The van der Waals surface area contributed by atoms with Crippen molar-refractivity contribution >= 4 is 23.2 Å². The maximum atomic E-state index is 11.8. The van der Waals surface area contributed by atoms with Crippen LogP contribution in [0.3, 0.4) is 0 Å². The second kappa shape index (κ2) is 4.44. The Morgan fingerprint density at radius 3 is 3.00 bits per heavy atom. The molecule has 2 atom stereocenters. The van der Waals surface area contributed by atoms with E-state index >= 15 is 0 Å². The molecule has 1 saturated carbocycles. The van der Waals surface area contributed by atoms with Crippen LogP contribution < -0.4 is 5.32 Å². The third-order valence-corrected chi connectivity index (χ3v) is 4.18. The highest BCUT2D eigenvalue weighted by Crippen LogP contribution is 2.38. The van der Waals surface area contributed by atoms with Crippen LogP contribution in [-0.4, -0.2) is 28.0 Å². The highest BCUT2D eigenvalue weighted by Gasteiger charge is 2.45. The Bertz CT molecular complexity index is 432. The molecule has 1 heterocycles. The quantitative estimate of drug-likeness (QED) is 0.857. The minimum absolute atomic E-state index is 0.230. The van der Waals surface area contributed by atoms with E-state index in [1.54, 1.807) is 12.4 Å². The van der Waals surface area contributed by atoms with Gasteiger partial charge in [0, 0.05) is 6.04 Å². The zero-order valence-corrected chi connectivity index (χ0v) is 10.3. The van der Waals surface area contributed by atoms with E-state index in [0.29, 0.717) is 17.7 Å². The van der Waals surface area contributed by atoms with Crippen molar-refractivity contribution in [3.63, 3.8) is 0 Å². The van der Waals surface area contributed by atoms with Crippen LogP contribution in [0.4, 0.5) is 0 Å². The number of hydrogen-bond acceptors (Lipinski definition) is 4. The summed E-state index contributed by atoms with van der Waals surface area (Å²) in [5.74, 6) is -1.07. The van der Waals surface area contributed by atoms with Crippen molar-refractivity contribution in [2.75, 3.05) is 0 Å². The van der Waals surface area contributed by atoms with Gasteiger partial charge in [-0.3, -0.25) is 14.6 Å². The Kier molecular flexibility index (Phi) is 3.15. The fraction of sp³-hybridized carbons (Fsp3) is 0.545. The van der Waals surface area contributed by atoms with E-state index in [2.05, 4.69) is 10.3 Å². The Labute approximate surface area is 103 Å². The lowest BCUT2D eigenvalue weighted by Gasteiger charge is -2.27. The Morgan fingerprint density at radius 1 is 1.65 bits per heavy atom. The SMILES string of the molecule is CC1(C(=O)O)CCCC1NC(=O)c1cncs1. The number of carboxylic acid groups (broad SMARTS) is 1. The number of aliphatic carboxylic acids is 1. The standard InChI is InChI=1S/C11H14N2O3S/c1-11(10(15)16)4-2-3-8(11)13-9(14)7-5-12-6-17-7/h5-6,8H,2-4H2,1H3,(H,13,14)(H,15,16). The maximum Gasteiger partial charge on any atom is 0.311 e. The van der Waals surface area contributed by atoms with Gasteiger partial charge in [-0.25, -0.2) is 0 Å². The predicted molar refractivity (Wildman–Crippen MR) is 63.0 cm³/mol. The third-order valence-electron chi connectivity index (χ3n) is 3.41. The summed E-state index contributed by atoms with van der Waals surface area (Å²) in [6, 6.07) is -0.297. The molecule has 92 valence electrons. The highest BCUT2D eigenvalue weighted by molar-refractivity contribution is 7.11. The van der Waals surface area contributed by atoms with Crippen LogP contribution in [0.2, 0.25) is 0 Å². The van der Waals surface area contributed by atoms with Crippen LogP contribution >= 0.6 is 11.3 Å². The van der Waals surface area contributed by atoms with E-state index in [1.165, 1.54) is 17.5 Å². The lowest BCUT2D eigenvalue weighted by Crippen LogP contribution is -2.46. The summed E-state index contributed by atoms with van der Waals surface area (Å²) in [7, 11) is 0. The molecule has 0 spiro atoms. The Hall–Kier alpha value is -1.43. The van der Waals surface area contributed by atoms with Gasteiger partial charge in [-0.05, 0) is 19.8 Å². The first-order valence-electron chi connectivity index (χ1n) is 5.47. The maximum absolute atomic E-state index is 11.8. The molecule has 1 fully saturated rings. The summed E-state index contributed by atoms with van der Waals surface area (Å²) in [5, 5.41) is 12.0. The smallest absolute Gasteiger partial charge is 0.311 e. The number of nitrogens with one attached hydrogen (secondary N) is 1. The Morgan fingerprint density at radius 2 is 2.41 bits per heavy atom. The molecule has 0 radical (unpaired) electrons. The molecular formula is C11H14N2O3S. The molecule has 1 aliphatic rings. The van der Waals surface area contributed by atoms with Gasteiger partial charge in [0.05, 0.1) is 17.1 Å². The van der Waals surface area contributed by atoms with Crippen molar-refractivity contribution in [2.24, 2.45) is 5.41 Å². The first-order valence-corrected chi connectivity index (χ1v) is 6.35. The fourth-order valence-electron chi connectivity index (χ4n) is 2.21. The topological polar surface area (TPSA) is 79.3 Å². The van der Waals surface area contributed by atoms with Gasteiger partial charge in [0.2, 0.25) is 0 Å². The van der Waals surface area contributed by atoms with Gasteiger partial charge in [-0.15, -0.1) is 11.3 Å². The normalized spacial score (nSPS) is 27.9. The fourth-order valence-corrected chi connectivity index (χ4v) is 2.73. The summed E-state index contributed by atoms with van der Waals surface area (Å²) >= 11 is 1.25. The molecule has 0 bridgehead atoms. The van der Waals surface area contributed by atoms with Gasteiger partial charge in [0.15, 0.2) is 0 Å². The average Bonchev–Trinajstić information content (AvgIpc) is 2.89. The van der Waals surface area contributed by atoms with Crippen LogP contribution in [0.1, 0.15) is 35.9 Å². The van der Waals surface area contributed by atoms with Gasteiger partial charge in [-0.1, -0.05) is 6.42 Å². The number of carbonyl (C=O) groups is 2. The molecule has 6 heteroatoms. The van der Waals surface area contributed by atoms with Crippen LogP contribution in [-0.2, 0) is 4.79 Å². The van der Waals surface area contributed by atoms with Crippen LogP contribution in [0, 0.1) is 5.41 Å². The molecule has 2 unspecified atom stereocenters. The minimum Gasteiger partial charge on any atom is -0.481 e. The third kappa shape index (κ3) is 2.17. The summed E-state index contributed by atoms with van der Waals surface area (Å²) in [6.07, 6.45) is 3.65. The molecule has 0 saturated heterocycles. The molecule has 0 aliphatic heterocycles. The van der Waals surface area contributed by atoms with Crippen molar-refractivity contribution in [1.82, 2.24) is 10.3 Å². The number of hydrogen-bond donors (Lipinski definition) is 2. The van der Waals surface area contributed by atoms with Crippen molar-refractivity contribution in [2.45, 2.75) is 32.2 Å². The molecule has 2 N–H and O–H groups in total. The predicted octanol–water partition coefficient (Wildman–Crippen LogP) is 1.52. The minimum atomic E-state index is -0.847. The Balaban J connectivity index is 2.09. The zero-order chi connectivity index (χ0) is 12.5. The molecule has 0 aromatic carbocycles. The molecular weight excluding hydrogens is 240 g/mol. The summed E-state index contributed by atoms with van der Waals surface area (Å²) in [4.78, 5) is 27.4. The van der Waals surface area contributed by atoms with Crippen molar-refractivity contribution in [3.8, 4) is 0 Å². The number of carboxylic acids is 1. The van der Waals surface area contributed by atoms with Crippen LogP contribution in [0.5, 0.6) is 0 Å². The van der Waals surface area contributed by atoms with Crippen LogP contribution in [0.15, 0.2) is 11.7 Å². The number of aromatic nitrogens is 1. The summed E-state index contributed by atoms with van der Waals surface area (Å²) in [5.41, 5.74) is 0.736. The number of carbonyl (C=O) groups excluding carboxylic acids is 1. The molecule has 2 rings (SSSR count). The number of thiazole rings is 1. The molecule has 17 heavy (non-hydrogen) atoms. The number of rotatable bonds is 3. The van der Waals surface area contributed by atoms with Gasteiger partial charge in [-0.2, -0.15) is 0 Å². The summed E-state index contributed by atoms with van der Waals surface area (Å²) in [6.45, 7) is 1.69. The van der Waals surface area contributed by atoms with Gasteiger partial charge >= 0.3 is 5.97 Å². The molecule has 5 nitrogen and oxygen atoms in total. The summed E-state index contributed by atoms with van der Waals surface area (Å²) < 4.78 is 0. The van der Waals surface area contributed by atoms with Crippen LogP contribution in [0.25, 0.3) is 0 Å². The number of amides is 1. The molecule has 1 aliphatic carbocycles. The first kappa shape index (κ1) is 12.0. The van der Waals surface area contributed by atoms with Gasteiger partial charge in [0.1, 0.15) is 4.88 Å². The molecule has 1 aromatic heterocycles. The van der Waals surface area contributed by atoms with Gasteiger partial charge < -0.3 is 10.4 Å². The lowest BCUT2D eigenvalue weighted by atomic mass is 9.85. The monoisotopic (exact) mass is 254 g/mol. The van der Waals surface area contributed by atoms with Crippen molar-refractivity contribution in [3.05, 3.63) is 16.6 Å². The zero-order valence-electron chi connectivity index (χ0n) is 9.47. The van der Waals surface area contributed by atoms with Crippen molar-refractivity contribution < 1.29 is 14.7 Å². The van der Waals surface area contributed by atoms with E-state index in [1.807, 2.05) is 0 Å². The van der Waals surface area contributed by atoms with Gasteiger partial charge in [0.25, 0.3) is 5.91 Å². The van der Waals surface area contributed by atoms with E-state index in [0.717, 1.165) is 6.42 Å². The molecule has 1 amide bonds. The second-order valence-electron chi connectivity index (χ2n) is 4.51. The van der Waals surface area contributed by atoms with E-state index < -0.39 is 11.4 Å². The molecule has 1 aromatic rings. The van der Waals surface area contributed by atoms with Crippen molar-refractivity contribution in [1.29, 1.82) is 0 Å². The first-order chi connectivity index (χ1) is 8.04. The second-order valence-corrected chi connectivity index (χ2v) is 5.39. The highest BCUT2D eigenvalue weighted by atomic mass is 32.1. The lowest BCUT2D eigenvalue weighted by molar-refractivity contribution is -0.148. The van der Waals surface area contributed by atoms with E-state index in [-0.39, 0.29) is 11.9 Å². The van der Waals surface area contributed by atoms with E-state index in [4.69, 9.17) is 0 Å². The average molecular weight is 254 g/mol.